The zero-order valence-corrected chi connectivity index (χ0v) is 9.36. The van der Waals surface area contributed by atoms with Crippen molar-refractivity contribution in [2.75, 3.05) is 14.1 Å². The quantitative estimate of drug-likeness (QED) is 0.677. The number of hydrogen-bond donors (Lipinski definition) is 2. The largest absolute Gasteiger partial charge is 0.366 e. The van der Waals surface area contributed by atoms with Crippen LogP contribution in [0.3, 0.4) is 0 Å². The van der Waals surface area contributed by atoms with Crippen molar-refractivity contribution >= 4 is 18.3 Å². The van der Waals surface area contributed by atoms with E-state index in [9.17, 15) is 4.79 Å². The van der Waals surface area contributed by atoms with Gasteiger partial charge < -0.3 is 16.8 Å². The van der Waals surface area contributed by atoms with Crippen LogP contribution >= 0.6 is 12.4 Å². The molecule has 0 aromatic rings. The van der Waals surface area contributed by atoms with Gasteiger partial charge in [0.15, 0.2) is 0 Å². The monoisotopic (exact) mass is 209 g/mol. The third-order valence-electron chi connectivity index (χ3n) is 1.73. The topological polar surface area (TPSA) is 81.3 Å². The fourth-order valence-corrected chi connectivity index (χ4v) is 1.09. The number of carbonyl (C=O) groups excluding carboxylic acids is 1. The highest BCUT2D eigenvalue weighted by Crippen LogP contribution is 2.08. The van der Waals surface area contributed by atoms with Crippen LogP contribution < -0.4 is 11.9 Å². The van der Waals surface area contributed by atoms with Crippen molar-refractivity contribution in [1.82, 2.24) is 11.1 Å². The highest BCUT2D eigenvalue weighted by Gasteiger charge is 2.16. The Hall–Kier alpha value is -0.580. The highest BCUT2D eigenvalue weighted by molar-refractivity contribution is 5.92. The molecule has 0 rings (SSSR count). The van der Waals surface area contributed by atoms with Crippen molar-refractivity contribution < 1.29 is 4.79 Å². The van der Waals surface area contributed by atoms with E-state index in [0.29, 0.717) is 5.57 Å². The number of halogens is 1. The second-order valence-electron chi connectivity index (χ2n) is 2.78. The molecule has 0 heterocycles. The average molecular weight is 210 g/mol. The van der Waals surface area contributed by atoms with E-state index in [2.05, 4.69) is 6.58 Å². The summed E-state index contributed by atoms with van der Waals surface area (Å²) in [6.07, 6.45) is 0.856. The lowest BCUT2D eigenvalue weighted by atomic mass is 10.1. The molecule has 0 aliphatic rings. The Labute approximate surface area is 86.2 Å². The number of nitrogens with two attached hydrogens (primary N) is 1. The first-order valence-electron chi connectivity index (χ1n) is 3.65. The Morgan fingerprint density at radius 3 is 2.00 bits per heavy atom. The summed E-state index contributed by atoms with van der Waals surface area (Å²) in [5, 5.41) is 0. The van der Waals surface area contributed by atoms with Crippen LogP contribution in [0.25, 0.3) is 0 Å². The molecule has 0 bridgehead atoms. The number of carbonyl (C=O) groups is 1. The minimum absolute atomic E-state index is 0. The second kappa shape index (κ2) is 8.04. The van der Waals surface area contributed by atoms with Gasteiger partial charge in [-0.25, -0.2) is 0 Å². The molecular formula is C8H20ClN3O. The van der Waals surface area contributed by atoms with E-state index in [1.165, 1.54) is 0 Å². The zero-order chi connectivity index (χ0) is 9.02. The standard InChI is InChI=1S/C8H16N2O.ClH.H3N/c1-5-7(10(3)4)6(2)8(9)11;;/h7H,2,5H2,1,3-4H3,(H2,9,11);1H;1H3. The number of amides is 1. The SMILES string of the molecule is C=C(C(N)=O)C(CC)N(C)C.Cl.N. The van der Waals surface area contributed by atoms with Crippen molar-refractivity contribution in [3.8, 4) is 0 Å². The second-order valence-corrected chi connectivity index (χ2v) is 2.78. The molecule has 5 heteroatoms. The Bertz CT molecular complexity index is 171. The zero-order valence-electron chi connectivity index (χ0n) is 8.54. The van der Waals surface area contributed by atoms with Gasteiger partial charge in [0.1, 0.15) is 0 Å². The molecule has 1 atom stereocenters. The van der Waals surface area contributed by atoms with Crippen LogP contribution in [-0.2, 0) is 4.79 Å². The molecule has 80 valence electrons. The molecule has 5 N–H and O–H groups in total. The van der Waals surface area contributed by atoms with Gasteiger partial charge in [0, 0.05) is 11.6 Å². The summed E-state index contributed by atoms with van der Waals surface area (Å²) < 4.78 is 0. The van der Waals surface area contributed by atoms with Gasteiger partial charge in [0.05, 0.1) is 0 Å². The smallest absolute Gasteiger partial charge is 0.245 e. The van der Waals surface area contributed by atoms with E-state index in [1.54, 1.807) is 0 Å². The summed E-state index contributed by atoms with van der Waals surface area (Å²) in [4.78, 5) is 12.6. The first kappa shape index (κ1) is 18.3. The average Bonchev–Trinajstić information content (AvgIpc) is 1.88. The molecule has 0 aromatic carbocycles. The minimum atomic E-state index is -0.412. The van der Waals surface area contributed by atoms with Gasteiger partial charge in [-0.15, -0.1) is 12.4 Å². The van der Waals surface area contributed by atoms with E-state index in [0.717, 1.165) is 6.42 Å². The third kappa shape index (κ3) is 5.63. The first-order chi connectivity index (χ1) is 5.00. The van der Waals surface area contributed by atoms with Crippen LogP contribution in [0.15, 0.2) is 12.2 Å². The molecule has 0 aromatic heterocycles. The number of primary amides is 1. The maximum absolute atomic E-state index is 10.7. The van der Waals surface area contributed by atoms with Gasteiger partial charge in [-0.3, -0.25) is 4.79 Å². The van der Waals surface area contributed by atoms with Gasteiger partial charge in [-0.1, -0.05) is 13.5 Å². The fraction of sp³-hybridized carbons (Fsp3) is 0.625. The molecule has 13 heavy (non-hydrogen) atoms. The molecule has 0 fully saturated rings. The normalized spacial score (nSPS) is 11.1. The molecule has 0 aliphatic heterocycles. The summed E-state index contributed by atoms with van der Waals surface area (Å²) in [6.45, 7) is 5.63. The molecule has 0 aliphatic carbocycles. The van der Waals surface area contributed by atoms with Crippen molar-refractivity contribution in [3.63, 3.8) is 0 Å². The Morgan fingerprint density at radius 1 is 1.54 bits per heavy atom. The number of likely N-dealkylation sites (N-methyl/N-ethyl adjacent to an activating group) is 1. The van der Waals surface area contributed by atoms with Crippen molar-refractivity contribution in [2.45, 2.75) is 19.4 Å². The summed E-state index contributed by atoms with van der Waals surface area (Å²) >= 11 is 0. The Kier molecular flexibility index (Phi) is 11.3. The lowest BCUT2D eigenvalue weighted by Crippen LogP contribution is -2.34. The van der Waals surface area contributed by atoms with E-state index >= 15 is 0 Å². The first-order valence-corrected chi connectivity index (χ1v) is 3.65. The summed E-state index contributed by atoms with van der Waals surface area (Å²) in [5.41, 5.74) is 5.57. The summed E-state index contributed by atoms with van der Waals surface area (Å²) in [5.74, 6) is -0.412. The molecule has 1 unspecified atom stereocenters. The Balaban J connectivity index is -0.000000500. The van der Waals surface area contributed by atoms with E-state index in [-0.39, 0.29) is 24.6 Å². The van der Waals surface area contributed by atoms with Crippen molar-refractivity contribution in [2.24, 2.45) is 5.73 Å². The summed E-state index contributed by atoms with van der Waals surface area (Å²) in [6, 6.07) is 0.0764. The van der Waals surface area contributed by atoms with Crippen LogP contribution in [-0.4, -0.2) is 30.9 Å². The predicted molar refractivity (Wildman–Crippen MR) is 58.4 cm³/mol. The van der Waals surface area contributed by atoms with E-state index in [4.69, 9.17) is 5.73 Å². The summed E-state index contributed by atoms with van der Waals surface area (Å²) in [7, 11) is 3.81. The maximum Gasteiger partial charge on any atom is 0.245 e. The van der Waals surface area contributed by atoms with Crippen LogP contribution in [0.4, 0.5) is 0 Å². The minimum Gasteiger partial charge on any atom is -0.366 e. The molecule has 4 nitrogen and oxygen atoms in total. The lowest BCUT2D eigenvalue weighted by molar-refractivity contribution is -0.115. The molecular weight excluding hydrogens is 190 g/mol. The molecule has 1 amide bonds. The number of rotatable bonds is 4. The molecule has 0 saturated heterocycles. The van der Waals surface area contributed by atoms with Crippen LogP contribution in [0, 0.1) is 0 Å². The van der Waals surface area contributed by atoms with Gasteiger partial charge in [0.25, 0.3) is 0 Å². The number of nitrogens with zero attached hydrogens (tertiary/aromatic N) is 1. The lowest BCUT2D eigenvalue weighted by Gasteiger charge is -2.22. The third-order valence-corrected chi connectivity index (χ3v) is 1.73. The Morgan fingerprint density at radius 2 is 1.92 bits per heavy atom. The molecule has 0 radical (unpaired) electrons. The van der Waals surface area contributed by atoms with E-state index in [1.807, 2.05) is 25.9 Å². The number of hydrogen-bond acceptors (Lipinski definition) is 3. The van der Waals surface area contributed by atoms with Gasteiger partial charge in [-0.2, -0.15) is 0 Å². The molecule has 0 spiro atoms. The molecule has 0 saturated carbocycles. The van der Waals surface area contributed by atoms with E-state index < -0.39 is 5.91 Å². The fourth-order valence-electron chi connectivity index (χ4n) is 1.09. The highest BCUT2D eigenvalue weighted by atomic mass is 35.5. The van der Waals surface area contributed by atoms with Gasteiger partial charge in [0.2, 0.25) is 5.91 Å². The van der Waals surface area contributed by atoms with Crippen LogP contribution in [0.1, 0.15) is 13.3 Å². The van der Waals surface area contributed by atoms with Gasteiger partial charge >= 0.3 is 0 Å². The van der Waals surface area contributed by atoms with Crippen LogP contribution in [0.5, 0.6) is 0 Å². The predicted octanol–water partition coefficient (Wildman–Crippen LogP) is 0.952. The maximum atomic E-state index is 10.7. The van der Waals surface area contributed by atoms with Crippen molar-refractivity contribution in [1.29, 1.82) is 0 Å². The van der Waals surface area contributed by atoms with Crippen molar-refractivity contribution in [3.05, 3.63) is 12.2 Å². The van der Waals surface area contributed by atoms with Crippen LogP contribution in [0.2, 0.25) is 0 Å². The van der Waals surface area contributed by atoms with Gasteiger partial charge in [-0.05, 0) is 20.5 Å².